The minimum absolute atomic E-state index is 0.0535. The largest absolute Gasteiger partial charge is 0.465 e. The van der Waals surface area contributed by atoms with Gasteiger partial charge in [-0.15, -0.1) is 0 Å². The summed E-state index contributed by atoms with van der Waals surface area (Å²) in [6, 6.07) is 6.25. The maximum Gasteiger partial charge on any atom is 0.325 e. The molecule has 0 atom stereocenters. The van der Waals surface area contributed by atoms with Crippen molar-refractivity contribution in [2.45, 2.75) is 13.5 Å². The van der Waals surface area contributed by atoms with Crippen LogP contribution in [-0.4, -0.2) is 26.5 Å². The maximum absolute atomic E-state index is 13.4. The second-order valence-corrected chi connectivity index (χ2v) is 5.15. The van der Waals surface area contributed by atoms with Crippen LogP contribution < -0.4 is 0 Å². The van der Waals surface area contributed by atoms with Crippen LogP contribution in [0, 0.1) is 5.82 Å². The van der Waals surface area contributed by atoms with Gasteiger partial charge in [0.25, 0.3) is 0 Å². The second-order valence-electron chi connectivity index (χ2n) is 4.37. The van der Waals surface area contributed by atoms with Gasteiger partial charge in [0.2, 0.25) is 0 Å². The number of hydrogen-bond acceptors (Lipinski definition) is 5. The Kier molecular flexibility index (Phi) is 3.66. The van der Waals surface area contributed by atoms with E-state index in [0.717, 1.165) is 11.2 Å². The number of carbonyl (C=O) groups is 1. The van der Waals surface area contributed by atoms with Crippen molar-refractivity contribution in [3.63, 3.8) is 0 Å². The van der Waals surface area contributed by atoms with E-state index in [1.807, 2.05) is 0 Å². The number of esters is 1. The summed E-state index contributed by atoms with van der Waals surface area (Å²) in [7, 11) is 0. The molecule has 0 aliphatic heterocycles. The Bertz CT molecular complexity index is 783. The molecule has 0 saturated carbocycles. The van der Waals surface area contributed by atoms with Gasteiger partial charge < -0.3 is 9.30 Å². The maximum atomic E-state index is 13.4. The summed E-state index contributed by atoms with van der Waals surface area (Å²) in [6.07, 6.45) is 1.45. The van der Waals surface area contributed by atoms with E-state index in [4.69, 9.17) is 4.74 Å². The van der Waals surface area contributed by atoms with E-state index in [2.05, 4.69) is 9.36 Å². The summed E-state index contributed by atoms with van der Waals surface area (Å²) < 4.78 is 24.1. The Morgan fingerprint density at radius 3 is 3.00 bits per heavy atom. The van der Waals surface area contributed by atoms with Crippen LogP contribution in [0.1, 0.15) is 6.92 Å². The van der Waals surface area contributed by atoms with E-state index >= 15 is 0 Å². The molecule has 0 fully saturated rings. The number of nitrogens with zero attached hydrogens (tertiary/aromatic N) is 3. The number of ether oxygens (including phenoxy) is 1. The molecule has 2 heterocycles. The first kappa shape index (κ1) is 13.7. The van der Waals surface area contributed by atoms with Crippen LogP contribution >= 0.6 is 11.5 Å². The highest BCUT2D eigenvalue weighted by molar-refractivity contribution is 7.09. The smallest absolute Gasteiger partial charge is 0.325 e. The lowest BCUT2D eigenvalue weighted by Gasteiger charge is -2.08. The Labute approximate surface area is 124 Å². The van der Waals surface area contributed by atoms with E-state index in [1.54, 1.807) is 23.6 Å². The van der Waals surface area contributed by atoms with Gasteiger partial charge in [-0.25, -0.2) is 9.37 Å². The molecule has 3 rings (SSSR count). The van der Waals surface area contributed by atoms with E-state index in [-0.39, 0.29) is 18.3 Å². The molecule has 0 unspecified atom stereocenters. The van der Waals surface area contributed by atoms with Gasteiger partial charge in [-0.1, -0.05) is 0 Å². The Balaban J connectivity index is 2.13. The molecule has 0 aliphatic rings. The summed E-state index contributed by atoms with van der Waals surface area (Å²) in [5.41, 5.74) is 1.49. The summed E-state index contributed by atoms with van der Waals surface area (Å²) in [5.74, 6) is -0.662. The molecule has 0 bridgehead atoms. The number of carbonyl (C=O) groups excluding carboxylic acids is 1. The first-order valence-corrected chi connectivity index (χ1v) is 7.18. The fraction of sp³-hybridized carbons (Fsp3) is 0.214. The van der Waals surface area contributed by atoms with Gasteiger partial charge in [0, 0.05) is 10.9 Å². The quantitative estimate of drug-likeness (QED) is 0.696. The molecular formula is C14H12FN3O2S. The fourth-order valence-corrected chi connectivity index (χ4v) is 2.76. The number of aromatic nitrogens is 3. The van der Waals surface area contributed by atoms with Crippen LogP contribution in [0.15, 0.2) is 30.6 Å². The SMILES string of the molecule is CCOC(=O)Cn1c(-c2ncns2)cc2cc(F)ccc21. The molecule has 108 valence electrons. The first-order chi connectivity index (χ1) is 10.2. The Morgan fingerprint density at radius 2 is 2.29 bits per heavy atom. The van der Waals surface area contributed by atoms with E-state index in [1.165, 1.54) is 30.0 Å². The fourth-order valence-electron chi connectivity index (χ4n) is 2.21. The van der Waals surface area contributed by atoms with Crippen molar-refractivity contribution in [1.82, 2.24) is 13.9 Å². The molecule has 2 aromatic heterocycles. The molecule has 5 nitrogen and oxygen atoms in total. The molecule has 21 heavy (non-hydrogen) atoms. The highest BCUT2D eigenvalue weighted by atomic mass is 32.1. The third-order valence-corrected chi connectivity index (χ3v) is 3.72. The highest BCUT2D eigenvalue weighted by Gasteiger charge is 2.16. The zero-order chi connectivity index (χ0) is 14.8. The van der Waals surface area contributed by atoms with Crippen molar-refractivity contribution in [3.05, 3.63) is 36.4 Å². The predicted octanol–water partition coefficient (Wildman–Crippen LogP) is 2.86. The topological polar surface area (TPSA) is 57.0 Å². The van der Waals surface area contributed by atoms with Gasteiger partial charge in [-0.2, -0.15) is 4.37 Å². The lowest BCUT2D eigenvalue weighted by molar-refractivity contribution is -0.143. The van der Waals surface area contributed by atoms with Gasteiger partial charge in [0.05, 0.1) is 12.3 Å². The van der Waals surface area contributed by atoms with Crippen molar-refractivity contribution < 1.29 is 13.9 Å². The van der Waals surface area contributed by atoms with Gasteiger partial charge in [0.1, 0.15) is 18.7 Å². The monoisotopic (exact) mass is 305 g/mol. The molecule has 3 aromatic rings. The van der Waals surface area contributed by atoms with Gasteiger partial charge in [-0.3, -0.25) is 4.79 Å². The Hall–Kier alpha value is -2.28. The van der Waals surface area contributed by atoms with Crippen LogP contribution in [0.2, 0.25) is 0 Å². The molecule has 0 spiro atoms. The van der Waals surface area contributed by atoms with Crippen LogP contribution in [-0.2, 0) is 16.1 Å². The average molecular weight is 305 g/mol. The lowest BCUT2D eigenvalue weighted by atomic mass is 10.2. The van der Waals surface area contributed by atoms with Crippen LogP contribution in [0.3, 0.4) is 0 Å². The summed E-state index contributed by atoms with van der Waals surface area (Å²) in [4.78, 5) is 16.0. The normalized spacial score (nSPS) is 11.0. The summed E-state index contributed by atoms with van der Waals surface area (Å²) in [6.45, 7) is 2.13. The first-order valence-electron chi connectivity index (χ1n) is 6.40. The lowest BCUT2D eigenvalue weighted by Crippen LogP contribution is -2.14. The standard InChI is InChI=1S/C14H12FN3O2S/c1-2-20-13(19)7-18-11-4-3-10(15)5-9(11)6-12(18)14-16-8-17-21-14/h3-6,8H,2,7H2,1H3. The molecule has 0 N–H and O–H groups in total. The van der Waals surface area contributed by atoms with Crippen molar-refractivity contribution in [3.8, 4) is 10.7 Å². The molecule has 0 saturated heterocycles. The second kappa shape index (κ2) is 5.61. The average Bonchev–Trinajstić information content (AvgIpc) is 3.06. The Morgan fingerprint density at radius 1 is 1.43 bits per heavy atom. The highest BCUT2D eigenvalue weighted by Crippen LogP contribution is 2.29. The molecular weight excluding hydrogens is 293 g/mol. The number of halogens is 1. The van der Waals surface area contributed by atoms with Crippen molar-refractivity contribution in [1.29, 1.82) is 0 Å². The van der Waals surface area contributed by atoms with E-state index in [9.17, 15) is 9.18 Å². The number of hydrogen-bond donors (Lipinski definition) is 0. The number of rotatable bonds is 4. The zero-order valence-corrected chi connectivity index (χ0v) is 12.1. The van der Waals surface area contributed by atoms with Gasteiger partial charge in [-0.05, 0) is 42.7 Å². The van der Waals surface area contributed by atoms with Crippen LogP contribution in [0.5, 0.6) is 0 Å². The third-order valence-electron chi connectivity index (χ3n) is 3.04. The molecule has 0 amide bonds. The van der Waals surface area contributed by atoms with Crippen molar-refractivity contribution in [2.24, 2.45) is 0 Å². The summed E-state index contributed by atoms with van der Waals surface area (Å²) in [5, 5.41) is 1.39. The predicted molar refractivity (Wildman–Crippen MR) is 77.4 cm³/mol. The minimum atomic E-state index is -0.343. The third kappa shape index (κ3) is 2.64. The summed E-state index contributed by atoms with van der Waals surface area (Å²) >= 11 is 1.22. The van der Waals surface area contributed by atoms with Crippen molar-refractivity contribution >= 4 is 28.4 Å². The van der Waals surface area contributed by atoms with Gasteiger partial charge in [0.15, 0.2) is 5.01 Å². The molecule has 0 aliphatic carbocycles. The van der Waals surface area contributed by atoms with Gasteiger partial charge >= 0.3 is 5.97 Å². The van der Waals surface area contributed by atoms with E-state index in [0.29, 0.717) is 17.0 Å². The number of fused-ring (bicyclic) bond motifs is 1. The minimum Gasteiger partial charge on any atom is -0.465 e. The number of benzene rings is 1. The molecule has 7 heteroatoms. The molecule has 1 aromatic carbocycles. The van der Waals surface area contributed by atoms with E-state index < -0.39 is 0 Å². The van der Waals surface area contributed by atoms with Crippen LogP contribution in [0.4, 0.5) is 4.39 Å². The van der Waals surface area contributed by atoms with Crippen molar-refractivity contribution in [2.75, 3.05) is 6.61 Å². The molecule has 0 radical (unpaired) electrons. The van der Waals surface area contributed by atoms with Crippen LogP contribution in [0.25, 0.3) is 21.6 Å². The zero-order valence-electron chi connectivity index (χ0n) is 11.2.